The smallest absolute Gasteiger partial charge is 0.271 e. The summed E-state index contributed by atoms with van der Waals surface area (Å²) in [6.07, 6.45) is 8.07. The van der Waals surface area contributed by atoms with Crippen LogP contribution in [0.4, 0.5) is 0 Å². The molecule has 126 valence electrons. The maximum Gasteiger partial charge on any atom is 0.271 e. The molecule has 1 unspecified atom stereocenters. The number of piperidine rings is 1. The molecule has 23 heavy (non-hydrogen) atoms. The van der Waals surface area contributed by atoms with E-state index in [1.807, 2.05) is 0 Å². The van der Waals surface area contributed by atoms with E-state index in [0.29, 0.717) is 18.8 Å². The first-order valence-electron chi connectivity index (χ1n) is 8.01. The number of carbonyl (C=O) groups excluding carboxylic acids is 1. The molecular weight excluding hydrogens is 316 g/mol. The van der Waals surface area contributed by atoms with Crippen molar-refractivity contribution < 1.29 is 13.2 Å². The molecule has 2 heterocycles. The van der Waals surface area contributed by atoms with Crippen molar-refractivity contribution in [1.82, 2.24) is 19.6 Å². The third-order valence-electron chi connectivity index (χ3n) is 5.25. The topological polar surface area (TPSA) is 92.3 Å². The molecule has 1 N–H and O–H groups in total. The molecule has 3 rings (SSSR count). The maximum absolute atomic E-state index is 12.2. The highest BCUT2D eigenvalue weighted by Crippen LogP contribution is 2.49. The van der Waals surface area contributed by atoms with E-state index in [1.165, 1.54) is 18.6 Å². The van der Waals surface area contributed by atoms with Crippen molar-refractivity contribution in [2.24, 2.45) is 5.41 Å². The van der Waals surface area contributed by atoms with Crippen LogP contribution >= 0.6 is 0 Å². The Labute approximate surface area is 136 Å². The lowest BCUT2D eigenvalue weighted by atomic mass is 9.59. The van der Waals surface area contributed by atoms with Crippen molar-refractivity contribution in [2.45, 2.75) is 38.6 Å². The highest BCUT2D eigenvalue weighted by atomic mass is 32.2. The van der Waals surface area contributed by atoms with E-state index in [2.05, 4.69) is 15.3 Å². The van der Waals surface area contributed by atoms with Crippen LogP contribution in [0.5, 0.6) is 0 Å². The monoisotopic (exact) mass is 338 g/mol. The van der Waals surface area contributed by atoms with Gasteiger partial charge in [0.2, 0.25) is 10.0 Å². The Hall–Kier alpha value is -1.54. The van der Waals surface area contributed by atoms with Crippen molar-refractivity contribution in [3.05, 3.63) is 24.3 Å². The van der Waals surface area contributed by atoms with E-state index < -0.39 is 10.0 Å². The molecule has 1 saturated heterocycles. The predicted molar refractivity (Wildman–Crippen MR) is 85.2 cm³/mol. The summed E-state index contributed by atoms with van der Waals surface area (Å²) in [5.74, 6) is -0.0573. The fraction of sp³-hybridized carbons (Fsp3) is 0.667. The highest BCUT2D eigenvalue weighted by molar-refractivity contribution is 7.89. The third kappa shape index (κ3) is 3.10. The summed E-state index contributed by atoms with van der Waals surface area (Å²) in [7, 11) is -3.11. The minimum Gasteiger partial charge on any atom is -0.347 e. The van der Waals surface area contributed by atoms with Crippen molar-refractivity contribution >= 4 is 15.9 Å². The van der Waals surface area contributed by atoms with Gasteiger partial charge in [0.25, 0.3) is 5.91 Å². The number of rotatable bonds is 4. The quantitative estimate of drug-likeness (QED) is 0.877. The number of aromatic nitrogens is 2. The van der Waals surface area contributed by atoms with E-state index >= 15 is 0 Å². The van der Waals surface area contributed by atoms with Crippen LogP contribution in [0.25, 0.3) is 0 Å². The average Bonchev–Trinajstić information content (AvgIpc) is 2.59. The van der Waals surface area contributed by atoms with Gasteiger partial charge in [-0.3, -0.25) is 9.78 Å². The van der Waals surface area contributed by atoms with Crippen molar-refractivity contribution in [2.75, 3.05) is 18.8 Å². The van der Waals surface area contributed by atoms with Crippen LogP contribution in [0.1, 0.15) is 43.1 Å². The SMILES string of the molecule is CCS(=O)(=O)N1CCC2(CCC2NC(=O)c2cnccn2)CC1. The van der Waals surface area contributed by atoms with Crippen molar-refractivity contribution in [3.8, 4) is 0 Å². The van der Waals surface area contributed by atoms with Gasteiger partial charge in [-0.25, -0.2) is 17.7 Å². The molecule has 1 aliphatic heterocycles. The lowest BCUT2D eigenvalue weighted by molar-refractivity contribution is 0.0125. The molecule has 1 amide bonds. The molecular formula is C15H22N4O3S. The molecule has 1 spiro atoms. The summed E-state index contributed by atoms with van der Waals surface area (Å²) >= 11 is 0. The van der Waals surface area contributed by atoms with E-state index in [1.54, 1.807) is 11.2 Å². The third-order valence-corrected chi connectivity index (χ3v) is 7.13. The van der Waals surface area contributed by atoms with Gasteiger partial charge in [0.1, 0.15) is 5.69 Å². The van der Waals surface area contributed by atoms with Crippen molar-refractivity contribution in [1.29, 1.82) is 0 Å². The van der Waals surface area contributed by atoms with E-state index in [-0.39, 0.29) is 23.1 Å². The van der Waals surface area contributed by atoms with Gasteiger partial charge in [-0.05, 0) is 38.0 Å². The summed E-state index contributed by atoms with van der Waals surface area (Å²) in [6.45, 7) is 2.77. The van der Waals surface area contributed by atoms with E-state index in [0.717, 1.165) is 25.7 Å². The minimum absolute atomic E-state index is 0.0393. The van der Waals surface area contributed by atoms with Gasteiger partial charge in [-0.2, -0.15) is 0 Å². The molecule has 2 aliphatic rings. The van der Waals surface area contributed by atoms with Gasteiger partial charge >= 0.3 is 0 Å². The van der Waals surface area contributed by atoms with Crippen LogP contribution in [0.2, 0.25) is 0 Å². The number of carbonyl (C=O) groups is 1. The summed E-state index contributed by atoms with van der Waals surface area (Å²) in [6, 6.07) is 0.100. The van der Waals surface area contributed by atoms with Gasteiger partial charge in [0.05, 0.1) is 11.9 Å². The Balaban J connectivity index is 1.61. The molecule has 0 aromatic carbocycles. The number of sulfonamides is 1. The van der Waals surface area contributed by atoms with Crippen molar-refractivity contribution in [3.63, 3.8) is 0 Å². The molecule has 1 aliphatic carbocycles. The lowest BCUT2D eigenvalue weighted by Gasteiger charge is -2.53. The van der Waals surface area contributed by atoms with Crippen LogP contribution in [0.15, 0.2) is 18.6 Å². The number of amides is 1. The second-order valence-electron chi connectivity index (χ2n) is 6.32. The van der Waals surface area contributed by atoms with Crippen LogP contribution in [-0.2, 0) is 10.0 Å². The molecule has 1 saturated carbocycles. The predicted octanol–water partition coefficient (Wildman–Crippen LogP) is 0.801. The summed E-state index contributed by atoms with van der Waals surface area (Å²) in [5.41, 5.74) is 0.359. The molecule has 8 heteroatoms. The van der Waals surface area contributed by atoms with Gasteiger partial charge < -0.3 is 5.32 Å². The number of nitrogens with one attached hydrogen (secondary N) is 1. The van der Waals surface area contributed by atoms with Gasteiger partial charge in [-0.15, -0.1) is 0 Å². The molecule has 0 radical (unpaired) electrons. The minimum atomic E-state index is -3.11. The fourth-order valence-electron chi connectivity index (χ4n) is 3.56. The fourth-order valence-corrected chi connectivity index (χ4v) is 4.67. The number of hydrogen-bond acceptors (Lipinski definition) is 5. The normalized spacial score (nSPS) is 24.1. The lowest BCUT2D eigenvalue weighted by Crippen LogP contribution is -2.59. The van der Waals surface area contributed by atoms with Crippen LogP contribution < -0.4 is 5.32 Å². The second kappa shape index (κ2) is 6.16. The Kier molecular flexibility index (Phi) is 4.37. The van der Waals surface area contributed by atoms with Crippen LogP contribution in [0.3, 0.4) is 0 Å². The molecule has 0 bridgehead atoms. The Bertz CT molecular complexity index is 669. The zero-order valence-corrected chi connectivity index (χ0v) is 14.1. The number of nitrogens with zero attached hydrogens (tertiary/aromatic N) is 3. The van der Waals surface area contributed by atoms with Gasteiger partial charge in [0, 0.05) is 31.5 Å². The first kappa shape index (κ1) is 16.3. The van der Waals surface area contributed by atoms with Gasteiger partial charge in [0.15, 0.2) is 0 Å². The van der Waals surface area contributed by atoms with Crippen LogP contribution in [0, 0.1) is 5.41 Å². The Morgan fingerprint density at radius 1 is 1.35 bits per heavy atom. The maximum atomic E-state index is 12.2. The van der Waals surface area contributed by atoms with E-state index in [4.69, 9.17) is 0 Å². The zero-order valence-electron chi connectivity index (χ0n) is 13.2. The average molecular weight is 338 g/mol. The molecule has 1 aromatic rings. The molecule has 1 aromatic heterocycles. The van der Waals surface area contributed by atoms with E-state index in [9.17, 15) is 13.2 Å². The van der Waals surface area contributed by atoms with Crippen LogP contribution in [-0.4, -0.2) is 53.5 Å². The largest absolute Gasteiger partial charge is 0.347 e. The second-order valence-corrected chi connectivity index (χ2v) is 8.57. The standard InChI is InChI=1S/C15H22N4O3S/c1-2-23(21,22)19-9-5-15(6-10-19)4-3-13(15)18-14(20)12-11-16-7-8-17-12/h7-8,11,13H,2-6,9-10H2,1H3,(H,18,20). The van der Waals surface area contributed by atoms with Gasteiger partial charge in [-0.1, -0.05) is 0 Å². The summed E-state index contributed by atoms with van der Waals surface area (Å²) in [4.78, 5) is 20.2. The zero-order chi connectivity index (χ0) is 16.5. The first-order valence-corrected chi connectivity index (χ1v) is 9.62. The summed E-state index contributed by atoms with van der Waals surface area (Å²) in [5, 5.41) is 3.05. The molecule has 2 fully saturated rings. The summed E-state index contributed by atoms with van der Waals surface area (Å²) < 4.78 is 25.5. The Morgan fingerprint density at radius 2 is 2.09 bits per heavy atom. The molecule has 1 atom stereocenters. The first-order chi connectivity index (χ1) is 11.0. The Morgan fingerprint density at radius 3 is 2.61 bits per heavy atom. The highest BCUT2D eigenvalue weighted by Gasteiger charge is 2.49. The molecule has 7 nitrogen and oxygen atoms in total. The number of hydrogen-bond donors (Lipinski definition) is 1.